The van der Waals surface area contributed by atoms with Crippen molar-refractivity contribution < 1.29 is 0 Å². The lowest BCUT2D eigenvalue weighted by Crippen LogP contribution is -2.30. The van der Waals surface area contributed by atoms with Gasteiger partial charge in [-0.2, -0.15) is 0 Å². The van der Waals surface area contributed by atoms with Gasteiger partial charge in [0.2, 0.25) is 0 Å². The van der Waals surface area contributed by atoms with E-state index in [4.69, 9.17) is 0 Å². The summed E-state index contributed by atoms with van der Waals surface area (Å²) in [5.41, 5.74) is 0.740. The van der Waals surface area contributed by atoms with E-state index in [1.807, 2.05) is 0 Å². The van der Waals surface area contributed by atoms with Crippen LogP contribution in [0.5, 0.6) is 0 Å². The van der Waals surface area contributed by atoms with Crippen molar-refractivity contribution in [2.45, 2.75) is 45.7 Å². The van der Waals surface area contributed by atoms with Crippen LogP contribution in [0.15, 0.2) is 0 Å². The second kappa shape index (κ2) is 1.76. The highest BCUT2D eigenvalue weighted by atomic mass is 15.3. The van der Waals surface area contributed by atoms with Gasteiger partial charge in [-0.3, -0.25) is 4.90 Å². The molecule has 1 saturated heterocycles. The van der Waals surface area contributed by atoms with E-state index < -0.39 is 0 Å². The Morgan fingerprint density at radius 1 is 1.50 bits per heavy atom. The van der Waals surface area contributed by atoms with Gasteiger partial charge in [0.05, 0.1) is 0 Å². The number of hydrogen-bond acceptors (Lipinski definition) is 1. The van der Waals surface area contributed by atoms with Crippen LogP contribution in [0.2, 0.25) is 0 Å². The lowest BCUT2D eigenvalue weighted by molar-refractivity contribution is 0.241. The van der Waals surface area contributed by atoms with Crippen LogP contribution >= 0.6 is 0 Å². The van der Waals surface area contributed by atoms with Crippen molar-refractivity contribution in [1.82, 2.24) is 4.90 Å². The average molecular weight is 139 g/mol. The maximum absolute atomic E-state index is 2.65. The maximum atomic E-state index is 2.65. The minimum Gasteiger partial charge on any atom is -0.297 e. The van der Waals surface area contributed by atoms with Gasteiger partial charge in [0.15, 0.2) is 0 Å². The van der Waals surface area contributed by atoms with Crippen LogP contribution in [0.4, 0.5) is 0 Å². The molecule has 0 aromatic rings. The molecule has 1 saturated carbocycles. The third kappa shape index (κ3) is 0.731. The molecule has 2 aliphatic rings. The van der Waals surface area contributed by atoms with E-state index in [1.54, 1.807) is 0 Å². The summed E-state index contributed by atoms with van der Waals surface area (Å²) in [4.78, 5) is 2.65. The van der Waals surface area contributed by atoms with E-state index in [2.05, 4.69) is 25.7 Å². The smallest absolute Gasteiger partial charge is 0.0159 e. The van der Waals surface area contributed by atoms with Crippen molar-refractivity contribution in [3.63, 3.8) is 0 Å². The number of fused-ring (bicyclic) bond motifs is 1. The number of likely N-dealkylation sites (tertiary alicyclic amines) is 1. The zero-order chi connectivity index (χ0) is 7.35. The van der Waals surface area contributed by atoms with E-state index >= 15 is 0 Å². The van der Waals surface area contributed by atoms with Gasteiger partial charge in [-0.15, -0.1) is 0 Å². The number of nitrogens with zero attached hydrogens (tertiary/aromatic N) is 1. The molecule has 1 heteroatoms. The third-order valence-corrected chi connectivity index (χ3v) is 3.31. The van der Waals surface area contributed by atoms with E-state index in [0.717, 1.165) is 17.5 Å². The Hall–Kier alpha value is -0.0400. The minimum atomic E-state index is 0.740. The molecule has 2 fully saturated rings. The van der Waals surface area contributed by atoms with Crippen molar-refractivity contribution in [3.8, 4) is 0 Å². The lowest BCUT2D eigenvalue weighted by Gasteiger charge is -2.21. The Morgan fingerprint density at radius 3 is 2.40 bits per heavy atom. The van der Waals surface area contributed by atoms with Crippen LogP contribution in [0.3, 0.4) is 0 Å². The molecule has 2 unspecified atom stereocenters. The fourth-order valence-corrected chi connectivity index (χ4v) is 2.33. The minimum absolute atomic E-state index is 0.740. The standard InChI is InChI=1S/C9H17N/c1-7(2)10-5-4-9(3)6-8(9)10/h7-8H,4-6H2,1-3H3. The fourth-order valence-electron chi connectivity index (χ4n) is 2.33. The molecule has 0 bridgehead atoms. The van der Waals surface area contributed by atoms with Gasteiger partial charge in [-0.05, 0) is 38.6 Å². The summed E-state index contributed by atoms with van der Waals surface area (Å²) >= 11 is 0. The molecule has 0 N–H and O–H groups in total. The van der Waals surface area contributed by atoms with Gasteiger partial charge in [0, 0.05) is 12.1 Å². The molecule has 0 radical (unpaired) electrons. The van der Waals surface area contributed by atoms with Gasteiger partial charge >= 0.3 is 0 Å². The molecule has 0 spiro atoms. The number of hydrogen-bond donors (Lipinski definition) is 0. The quantitative estimate of drug-likeness (QED) is 0.536. The largest absolute Gasteiger partial charge is 0.297 e. The highest BCUT2D eigenvalue weighted by Gasteiger charge is 2.57. The zero-order valence-corrected chi connectivity index (χ0v) is 7.22. The molecule has 0 amide bonds. The first kappa shape index (κ1) is 6.66. The van der Waals surface area contributed by atoms with Crippen molar-refractivity contribution in [1.29, 1.82) is 0 Å². The molecule has 0 aromatic heterocycles. The molecule has 1 nitrogen and oxygen atoms in total. The predicted molar refractivity (Wildman–Crippen MR) is 43.0 cm³/mol. The fraction of sp³-hybridized carbons (Fsp3) is 1.00. The van der Waals surface area contributed by atoms with E-state index in [-0.39, 0.29) is 0 Å². The third-order valence-electron chi connectivity index (χ3n) is 3.31. The van der Waals surface area contributed by atoms with Crippen LogP contribution in [-0.2, 0) is 0 Å². The Kier molecular flexibility index (Phi) is 1.17. The van der Waals surface area contributed by atoms with Gasteiger partial charge in [0.1, 0.15) is 0 Å². The molecular formula is C9H17N. The molecule has 0 aromatic carbocycles. The van der Waals surface area contributed by atoms with Gasteiger partial charge in [-0.25, -0.2) is 0 Å². The molecule has 2 rings (SSSR count). The zero-order valence-electron chi connectivity index (χ0n) is 7.22. The SMILES string of the molecule is CC(C)N1CCC2(C)CC12. The number of rotatable bonds is 1. The molecule has 1 aliphatic heterocycles. The molecule has 1 heterocycles. The van der Waals surface area contributed by atoms with Crippen molar-refractivity contribution >= 4 is 0 Å². The first-order valence-corrected chi connectivity index (χ1v) is 4.39. The Balaban J connectivity index is 2.04. The van der Waals surface area contributed by atoms with Gasteiger partial charge < -0.3 is 0 Å². The van der Waals surface area contributed by atoms with Crippen LogP contribution in [0, 0.1) is 5.41 Å². The molecule has 58 valence electrons. The number of piperidine rings is 1. The molecule has 1 aliphatic carbocycles. The topological polar surface area (TPSA) is 3.24 Å². The van der Waals surface area contributed by atoms with Crippen molar-refractivity contribution in [3.05, 3.63) is 0 Å². The van der Waals surface area contributed by atoms with E-state index in [1.165, 1.54) is 19.4 Å². The van der Waals surface area contributed by atoms with Crippen LogP contribution in [0.1, 0.15) is 33.6 Å². The summed E-state index contributed by atoms with van der Waals surface area (Å²) in [7, 11) is 0. The van der Waals surface area contributed by atoms with Crippen LogP contribution < -0.4 is 0 Å². The summed E-state index contributed by atoms with van der Waals surface area (Å²) in [6, 6.07) is 1.72. The van der Waals surface area contributed by atoms with Crippen molar-refractivity contribution in [2.24, 2.45) is 5.41 Å². The van der Waals surface area contributed by atoms with Crippen molar-refractivity contribution in [2.75, 3.05) is 6.54 Å². The summed E-state index contributed by atoms with van der Waals surface area (Å²) in [5.74, 6) is 0. The summed E-state index contributed by atoms with van der Waals surface area (Å²) < 4.78 is 0. The van der Waals surface area contributed by atoms with Crippen LogP contribution in [-0.4, -0.2) is 23.5 Å². The second-order valence-electron chi connectivity index (χ2n) is 4.46. The van der Waals surface area contributed by atoms with Gasteiger partial charge in [0.25, 0.3) is 0 Å². The first-order chi connectivity index (χ1) is 4.63. The maximum Gasteiger partial charge on any atom is 0.0159 e. The molecular weight excluding hydrogens is 122 g/mol. The molecule has 2 atom stereocenters. The first-order valence-electron chi connectivity index (χ1n) is 4.39. The van der Waals surface area contributed by atoms with E-state index in [9.17, 15) is 0 Å². The Morgan fingerprint density at radius 2 is 2.20 bits per heavy atom. The summed E-state index contributed by atoms with van der Waals surface area (Å²) in [5, 5.41) is 0. The van der Waals surface area contributed by atoms with Gasteiger partial charge in [-0.1, -0.05) is 6.92 Å². The second-order valence-corrected chi connectivity index (χ2v) is 4.46. The Bertz CT molecular complexity index is 153. The summed E-state index contributed by atoms with van der Waals surface area (Å²) in [6.45, 7) is 8.40. The molecule has 10 heavy (non-hydrogen) atoms. The monoisotopic (exact) mass is 139 g/mol. The normalized spacial score (nSPS) is 46.2. The lowest BCUT2D eigenvalue weighted by atomic mass is 10.1. The van der Waals surface area contributed by atoms with Crippen LogP contribution in [0.25, 0.3) is 0 Å². The highest BCUT2D eigenvalue weighted by Crippen LogP contribution is 2.57. The van der Waals surface area contributed by atoms with E-state index in [0.29, 0.717) is 0 Å². The summed E-state index contributed by atoms with van der Waals surface area (Å²) in [6.07, 6.45) is 2.90. The average Bonchev–Trinajstić information content (AvgIpc) is 2.36. The Labute approximate surface area is 63.4 Å². The highest BCUT2D eigenvalue weighted by molar-refractivity contribution is 5.11. The predicted octanol–water partition coefficient (Wildman–Crippen LogP) is 1.88.